The molecule has 0 aliphatic rings. The van der Waals surface area contributed by atoms with Crippen molar-refractivity contribution >= 4 is 5.78 Å². The van der Waals surface area contributed by atoms with E-state index in [0.717, 1.165) is 0 Å². The molecule has 3 nitrogen and oxygen atoms in total. The maximum absolute atomic E-state index is 13.5. The second-order valence-corrected chi connectivity index (χ2v) is 3.42. The summed E-state index contributed by atoms with van der Waals surface area (Å²) in [5, 5.41) is 0. The Bertz CT molecular complexity index is 540. The van der Waals surface area contributed by atoms with Gasteiger partial charge in [-0.3, -0.25) is 9.78 Å². The van der Waals surface area contributed by atoms with Crippen LogP contribution in [0.15, 0.2) is 42.7 Å². The van der Waals surface area contributed by atoms with Crippen LogP contribution in [0.25, 0.3) is 0 Å². The van der Waals surface area contributed by atoms with Crippen LogP contribution in [0.1, 0.15) is 15.9 Å². The summed E-state index contributed by atoms with van der Waals surface area (Å²) in [5.74, 6) is -0.534. The first-order valence-electron chi connectivity index (χ1n) is 5.00. The number of carbonyl (C=O) groups is 1. The van der Waals surface area contributed by atoms with E-state index in [2.05, 4.69) is 4.98 Å². The van der Waals surface area contributed by atoms with Crippen molar-refractivity contribution in [3.63, 3.8) is 0 Å². The molecule has 0 fully saturated rings. The number of methoxy groups -OCH3 is 1. The lowest BCUT2D eigenvalue weighted by molar-refractivity contribution is 0.103. The molecular weight excluding hydrogens is 221 g/mol. The van der Waals surface area contributed by atoms with Crippen molar-refractivity contribution in [2.45, 2.75) is 0 Å². The van der Waals surface area contributed by atoms with Crippen molar-refractivity contribution in [2.75, 3.05) is 7.11 Å². The highest BCUT2D eigenvalue weighted by Gasteiger charge is 2.14. The van der Waals surface area contributed by atoms with Gasteiger partial charge in [-0.1, -0.05) is 0 Å². The summed E-state index contributed by atoms with van der Waals surface area (Å²) >= 11 is 0. The van der Waals surface area contributed by atoms with E-state index < -0.39 is 11.6 Å². The third kappa shape index (κ3) is 2.30. The van der Waals surface area contributed by atoms with Crippen molar-refractivity contribution in [2.24, 2.45) is 0 Å². The first-order valence-corrected chi connectivity index (χ1v) is 5.00. The Morgan fingerprint density at radius 3 is 2.82 bits per heavy atom. The fourth-order valence-corrected chi connectivity index (χ4v) is 1.46. The van der Waals surface area contributed by atoms with Crippen molar-refractivity contribution in [3.05, 3.63) is 59.7 Å². The SMILES string of the molecule is COc1ccc(F)c(C(=O)c2cccnc2)c1. The van der Waals surface area contributed by atoms with Gasteiger partial charge in [0.2, 0.25) is 0 Å². The maximum Gasteiger partial charge on any atom is 0.197 e. The number of rotatable bonds is 3. The van der Waals surface area contributed by atoms with Crippen LogP contribution in [0.5, 0.6) is 5.75 Å². The van der Waals surface area contributed by atoms with Gasteiger partial charge in [0.15, 0.2) is 5.78 Å². The molecule has 0 aliphatic heterocycles. The number of pyridine rings is 1. The number of ether oxygens (including phenoxy) is 1. The van der Waals surface area contributed by atoms with Crippen molar-refractivity contribution in [3.8, 4) is 5.75 Å². The molecule has 0 bridgehead atoms. The summed E-state index contributed by atoms with van der Waals surface area (Å²) in [4.78, 5) is 15.8. The van der Waals surface area contributed by atoms with E-state index in [9.17, 15) is 9.18 Å². The van der Waals surface area contributed by atoms with Crippen LogP contribution < -0.4 is 4.74 Å². The number of nitrogens with zero attached hydrogens (tertiary/aromatic N) is 1. The van der Waals surface area contributed by atoms with Crippen LogP contribution in [0.3, 0.4) is 0 Å². The Morgan fingerprint density at radius 1 is 1.35 bits per heavy atom. The van der Waals surface area contributed by atoms with Gasteiger partial charge in [0.1, 0.15) is 11.6 Å². The fraction of sp³-hybridized carbons (Fsp3) is 0.0769. The number of hydrogen-bond donors (Lipinski definition) is 0. The summed E-state index contributed by atoms with van der Waals surface area (Å²) in [6.07, 6.45) is 2.96. The molecule has 86 valence electrons. The third-order valence-corrected chi connectivity index (χ3v) is 2.34. The van der Waals surface area contributed by atoms with Gasteiger partial charge in [0.05, 0.1) is 12.7 Å². The summed E-state index contributed by atoms with van der Waals surface area (Å²) < 4.78 is 18.5. The first-order chi connectivity index (χ1) is 8.22. The summed E-state index contributed by atoms with van der Waals surface area (Å²) in [7, 11) is 1.46. The molecule has 0 amide bonds. The van der Waals surface area contributed by atoms with Gasteiger partial charge in [-0.25, -0.2) is 4.39 Å². The Balaban J connectivity index is 2.44. The largest absolute Gasteiger partial charge is 0.497 e. The smallest absolute Gasteiger partial charge is 0.197 e. The van der Waals surface area contributed by atoms with Gasteiger partial charge >= 0.3 is 0 Å². The molecule has 0 radical (unpaired) electrons. The van der Waals surface area contributed by atoms with E-state index in [1.54, 1.807) is 18.3 Å². The number of benzene rings is 1. The van der Waals surface area contributed by atoms with Crippen LogP contribution >= 0.6 is 0 Å². The van der Waals surface area contributed by atoms with Gasteiger partial charge in [0.25, 0.3) is 0 Å². The maximum atomic E-state index is 13.5. The van der Waals surface area contributed by atoms with Crippen molar-refractivity contribution in [1.82, 2.24) is 4.98 Å². The van der Waals surface area contributed by atoms with Crippen LogP contribution in [0.2, 0.25) is 0 Å². The minimum atomic E-state index is -0.570. The predicted octanol–water partition coefficient (Wildman–Crippen LogP) is 2.46. The average Bonchev–Trinajstić information content (AvgIpc) is 2.39. The summed E-state index contributed by atoms with van der Waals surface area (Å²) in [5.41, 5.74) is 0.331. The summed E-state index contributed by atoms with van der Waals surface area (Å²) in [6, 6.07) is 7.28. The predicted molar refractivity (Wildman–Crippen MR) is 60.6 cm³/mol. The molecule has 0 unspecified atom stereocenters. The number of aromatic nitrogens is 1. The van der Waals surface area contributed by atoms with E-state index in [1.807, 2.05) is 0 Å². The first kappa shape index (κ1) is 11.3. The van der Waals surface area contributed by atoms with Gasteiger partial charge in [-0.2, -0.15) is 0 Å². The molecule has 0 saturated heterocycles. The van der Waals surface area contributed by atoms with Crippen LogP contribution in [0, 0.1) is 5.82 Å². The highest BCUT2D eigenvalue weighted by Crippen LogP contribution is 2.19. The van der Waals surface area contributed by atoms with Crippen molar-refractivity contribution < 1.29 is 13.9 Å². The molecule has 2 rings (SSSR count). The molecule has 0 saturated carbocycles. The van der Waals surface area contributed by atoms with Gasteiger partial charge in [-0.15, -0.1) is 0 Å². The minimum Gasteiger partial charge on any atom is -0.497 e. The standard InChI is InChI=1S/C13H10FNO2/c1-17-10-4-5-12(14)11(7-10)13(16)9-3-2-6-15-8-9/h2-8H,1H3. The minimum absolute atomic E-state index is 0.0163. The van der Waals surface area contributed by atoms with E-state index in [1.165, 1.54) is 31.5 Å². The zero-order valence-electron chi connectivity index (χ0n) is 9.18. The van der Waals surface area contributed by atoms with Crippen molar-refractivity contribution in [1.29, 1.82) is 0 Å². The van der Waals surface area contributed by atoms with E-state index >= 15 is 0 Å². The van der Waals surface area contributed by atoms with E-state index in [-0.39, 0.29) is 5.56 Å². The zero-order valence-corrected chi connectivity index (χ0v) is 9.18. The number of carbonyl (C=O) groups excluding carboxylic acids is 1. The number of ketones is 1. The molecule has 0 N–H and O–H groups in total. The molecule has 0 spiro atoms. The van der Waals surface area contributed by atoms with Gasteiger partial charge in [0, 0.05) is 18.0 Å². The molecule has 2 aromatic rings. The Hall–Kier alpha value is -2.23. The highest BCUT2D eigenvalue weighted by atomic mass is 19.1. The Morgan fingerprint density at radius 2 is 2.18 bits per heavy atom. The molecule has 0 atom stereocenters. The van der Waals surface area contributed by atoms with Gasteiger partial charge < -0.3 is 4.74 Å². The molecule has 4 heteroatoms. The monoisotopic (exact) mass is 231 g/mol. The topological polar surface area (TPSA) is 39.2 Å². The molecule has 1 heterocycles. The number of halogens is 1. The highest BCUT2D eigenvalue weighted by molar-refractivity contribution is 6.09. The second kappa shape index (κ2) is 4.74. The van der Waals surface area contributed by atoms with Crippen LogP contribution in [-0.4, -0.2) is 17.9 Å². The van der Waals surface area contributed by atoms with E-state index in [4.69, 9.17) is 4.74 Å². The van der Waals surface area contributed by atoms with Crippen LogP contribution in [-0.2, 0) is 0 Å². The third-order valence-electron chi connectivity index (χ3n) is 2.34. The summed E-state index contributed by atoms with van der Waals surface area (Å²) in [6.45, 7) is 0. The quantitative estimate of drug-likeness (QED) is 0.762. The van der Waals surface area contributed by atoms with E-state index in [0.29, 0.717) is 11.3 Å². The normalized spacial score (nSPS) is 10.0. The second-order valence-electron chi connectivity index (χ2n) is 3.42. The molecule has 0 aliphatic carbocycles. The lowest BCUT2D eigenvalue weighted by Gasteiger charge is -2.05. The lowest BCUT2D eigenvalue weighted by Crippen LogP contribution is -2.05. The molecular formula is C13H10FNO2. The van der Waals surface area contributed by atoms with Gasteiger partial charge in [-0.05, 0) is 30.3 Å². The molecule has 1 aromatic carbocycles. The fourth-order valence-electron chi connectivity index (χ4n) is 1.46. The zero-order chi connectivity index (χ0) is 12.3. The van der Waals surface area contributed by atoms with Crippen LogP contribution in [0.4, 0.5) is 4.39 Å². The number of hydrogen-bond acceptors (Lipinski definition) is 3. The average molecular weight is 231 g/mol. The Labute approximate surface area is 97.9 Å². The lowest BCUT2D eigenvalue weighted by atomic mass is 10.0. The molecule has 17 heavy (non-hydrogen) atoms. The Kier molecular flexibility index (Phi) is 3.14. The molecule has 1 aromatic heterocycles.